The maximum absolute atomic E-state index is 12.7. The molecule has 1 fully saturated rings. The van der Waals surface area contributed by atoms with Gasteiger partial charge >= 0.3 is 12.1 Å². The van der Waals surface area contributed by atoms with Gasteiger partial charge in [0, 0.05) is 29.9 Å². The maximum Gasteiger partial charge on any atom is 0.407 e. The molecule has 0 bridgehead atoms. The van der Waals surface area contributed by atoms with Crippen molar-refractivity contribution in [2.75, 3.05) is 19.5 Å². The second-order valence-corrected chi connectivity index (χ2v) is 10.3. The molecule has 3 N–H and O–H groups in total. The summed E-state index contributed by atoms with van der Waals surface area (Å²) in [7, 11) is 3.12. The number of methoxy groups -OCH3 is 2. The van der Waals surface area contributed by atoms with Gasteiger partial charge < -0.3 is 34.9 Å². The average molecular weight is 538 g/mol. The molecule has 208 valence electrons. The zero-order valence-corrected chi connectivity index (χ0v) is 22.9. The summed E-state index contributed by atoms with van der Waals surface area (Å²) in [6.07, 6.45) is 4.04. The lowest BCUT2D eigenvalue weighted by Crippen LogP contribution is -2.45. The lowest BCUT2D eigenvalue weighted by molar-refractivity contribution is 0.0490. The van der Waals surface area contributed by atoms with E-state index in [-0.39, 0.29) is 18.1 Å². The summed E-state index contributed by atoms with van der Waals surface area (Å²) in [5.74, 6) is 1.93. The number of urea groups is 1. The van der Waals surface area contributed by atoms with E-state index in [1.807, 2.05) is 20.8 Å². The van der Waals surface area contributed by atoms with Crippen LogP contribution in [0, 0.1) is 0 Å². The first-order valence-corrected chi connectivity index (χ1v) is 12.8. The summed E-state index contributed by atoms with van der Waals surface area (Å²) >= 11 is 0. The van der Waals surface area contributed by atoms with Crippen molar-refractivity contribution < 1.29 is 28.5 Å². The van der Waals surface area contributed by atoms with E-state index >= 15 is 0 Å². The molecule has 11 nitrogen and oxygen atoms in total. The Balaban J connectivity index is 1.33. The first-order chi connectivity index (χ1) is 18.6. The van der Waals surface area contributed by atoms with Gasteiger partial charge in [-0.1, -0.05) is 6.07 Å². The van der Waals surface area contributed by atoms with Crippen molar-refractivity contribution in [2.24, 2.45) is 0 Å². The molecule has 2 aromatic carbocycles. The van der Waals surface area contributed by atoms with Crippen molar-refractivity contribution in [3.63, 3.8) is 0 Å². The van der Waals surface area contributed by atoms with E-state index in [9.17, 15) is 9.59 Å². The standard InChI is InChI=1S/C28H35N5O6/c1-28(2,3)39-27(35)33-18-11-9-17(10-12-18)31-26(34)32-19-7-6-8-20(13-19)38-25-21-14-23(36-4)24(37-5)15-22(21)29-16-30-25/h6-8,13-18H,9-12H2,1-5H3,(H,33,35)(H2,31,32,34). The Kier molecular flexibility index (Phi) is 8.58. The number of alkyl carbamates (subject to hydrolysis) is 1. The monoisotopic (exact) mass is 537 g/mol. The Bertz CT molecular complexity index is 1320. The molecule has 0 saturated heterocycles. The molecule has 1 heterocycles. The maximum atomic E-state index is 12.7. The highest BCUT2D eigenvalue weighted by atomic mass is 16.6. The molecule has 1 aliphatic carbocycles. The first-order valence-electron chi connectivity index (χ1n) is 12.8. The number of carbonyl (C=O) groups excluding carboxylic acids is 2. The third-order valence-corrected chi connectivity index (χ3v) is 6.19. The highest BCUT2D eigenvalue weighted by Crippen LogP contribution is 2.36. The van der Waals surface area contributed by atoms with Gasteiger partial charge in [-0.05, 0) is 64.7 Å². The van der Waals surface area contributed by atoms with Crippen LogP contribution in [0.5, 0.6) is 23.1 Å². The van der Waals surface area contributed by atoms with E-state index in [0.717, 1.165) is 25.7 Å². The number of hydrogen-bond donors (Lipinski definition) is 3. The second-order valence-electron chi connectivity index (χ2n) is 10.3. The van der Waals surface area contributed by atoms with E-state index in [1.54, 1.807) is 50.6 Å². The molecule has 1 aliphatic rings. The number of amides is 3. The molecule has 0 spiro atoms. The fraction of sp³-hybridized carbons (Fsp3) is 0.429. The van der Waals surface area contributed by atoms with Crippen molar-refractivity contribution in [2.45, 2.75) is 64.1 Å². The van der Waals surface area contributed by atoms with Gasteiger partial charge in [-0.2, -0.15) is 0 Å². The topological polar surface area (TPSA) is 133 Å². The molecule has 0 atom stereocenters. The van der Waals surface area contributed by atoms with Crippen molar-refractivity contribution in [1.29, 1.82) is 0 Å². The minimum Gasteiger partial charge on any atom is -0.493 e. The van der Waals surface area contributed by atoms with Crippen LogP contribution < -0.4 is 30.2 Å². The molecule has 3 amide bonds. The number of benzene rings is 2. The Labute approximate surface area is 227 Å². The summed E-state index contributed by atoms with van der Waals surface area (Å²) in [5, 5.41) is 9.45. The highest BCUT2D eigenvalue weighted by Gasteiger charge is 2.25. The van der Waals surface area contributed by atoms with Crippen molar-refractivity contribution in [3.8, 4) is 23.1 Å². The van der Waals surface area contributed by atoms with Crippen LogP contribution in [-0.2, 0) is 4.74 Å². The van der Waals surface area contributed by atoms with Crippen LogP contribution in [-0.4, -0.2) is 54.0 Å². The molecule has 0 unspecified atom stereocenters. The quantitative estimate of drug-likeness (QED) is 0.365. The molecule has 4 rings (SSSR count). The molecule has 1 saturated carbocycles. The summed E-state index contributed by atoms with van der Waals surface area (Å²) in [6.45, 7) is 5.50. The summed E-state index contributed by atoms with van der Waals surface area (Å²) < 4.78 is 22.1. The molecule has 0 radical (unpaired) electrons. The molecular weight excluding hydrogens is 502 g/mol. The van der Waals surface area contributed by atoms with E-state index in [4.69, 9.17) is 18.9 Å². The molecule has 1 aromatic heterocycles. The summed E-state index contributed by atoms with van der Waals surface area (Å²) in [4.78, 5) is 33.3. The van der Waals surface area contributed by atoms with Gasteiger partial charge in [0.05, 0.1) is 25.1 Å². The fourth-order valence-corrected chi connectivity index (χ4v) is 4.40. The molecule has 39 heavy (non-hydrogen) atoms. The van der Waals surface area contributed by atoms with Crippen LogP contribution in [0.25, 0.3) is 10.9 Å². The number of aromatic nitrogens is 2. The zero-order chi connectivity index (χ0) is 28.0. The van der Waals surface area contributed by atoms with Crippen LogP contribution in [0.15, 0.2) is 42.7 Å². The van der Waals surface area contributed by atoms with E-state index < -0.39 is 11.7 Å². The SMILES string of the molecule is COc1cc2ncnc(Oc3cccc(NC(=O)NC4CCC(NC(=O)OC(C)(C)C)CC4)c3)c2cc1OC. The molecular formula is C28H35N5O6. The van der Waals surface area contributed by atoms with E-state index in [0.29, 0.717) is 39.7 Å². The van der Waals surface area contributed by atoms with Crippen molar-refractivity contribution >= 4 is 28.7 Å². The number of nitrogens with one attached hydrogen (secondary N) is 3. The highest BCUT2D eigenvalue weighted by molar-refractivity contribution is 5.90. The van der Waals surface area contributed by atoms with Gasteiger partial charge in [0.25, 0.3) is 0 Å². The van der Waals surface area contributed by atoms with Gasteiger partial charge in [-0.15, -0.1) is 0 Å². The van der Waals surface area contributed by atoms with Crippen LogP contribution in [0.3, 0.4) is 0 Å². The summed E-state index contributed by atoms with van der Waals surface area (Å²) in [5.41, 5.74) is 0.679. The first kappa shape index (κ1) is 27.7. The predicted octanol–water partition coefficient (Wildman–Crippen LogP) is 5.40. The predicted molar refractivity (Wildman–Crippen MR) is 147 cm³/mol. The Hall–Kier alpha value is -4.28. The van der Waals surface area contributed by atoms with Crippen LogP contribution >= 0.6 is 0 Å². The third kappa shape index (κ3) is 7.62. The molecule has 11 heteroatoms. The summed E-state index contributed by atoms with van der Waals surface area (Å²) in [6, 6.07) is 10.3. The Morgan fingerprint density at radius 3 is 2.23 bits per heavy atom. The van der Waals surface area contributed by atoms with E-state index in [2.05, 4.69) is 25.9 Å². The van der Waals surface area contributed by atoms with Crippen LogP contribution in [0.4, 0.5) is 15.3 Å². The van der Waals surface area contributed by atoms with Gasteiger partial charge in [0.15, 0.2) is 11.5 Å². The normalized spacial score (nSPS) is 17.2. The van der Waals surface area contributed by atoms with Crippen molar-refractivity contribution in [3.05, 3.63) is 42.7 Å². The minimum absolute atomic E-state index is 0.0143. The number of nitrogens with zero attached hydrogens (tertiary/aromatic N) is 2. The van der Waals surface area contributed by atoms with Gasteiger partial charge in [0.2, 0.25) is 5.88 Å². The Morgan fingerprint density at radius 1 is 0.897 bits per heavy atom. The number of anilines is 1. The largest absolute Gasteiger partial charge is 0.493 e. The second kappa shape index (κ2) is 12.1. The Morgan fingerprint density at radius 2 is 1.56 bits per heavy atom. The smallest absolute Gasteiger partial charge is 0.407 e. The fourth-order valence-electron chi connectivity index (χ4n) is 4.40. The minimum atomic E-state index is -0.534. The lowest BCUT2D eigenvalue weighted by Gasteiger charge is -2.30. The van der Waals surface area contributed by atoms with Crippen LogP contribution in [0.1, 0.15) is 46.5 Å². The molecule has 0 aliphatic heterocycles. The number of hydrogen-bond acceptors (Lipinski definition) is 8. The van der Waals surface area contributed by atoms with Gasteiger partial charge in [-0.25, -0.2) is 19.6 Å². The zero-order valence-electron chi connectivity index (χ0n) is 22.9. The number of ether oxygens (including phenoxy) is 4. The number of fused-ring (bicyclic) bond motifs is 1. The number of carbonyl (C=O) groups is 2. The third-order valence-electron chi connectivity index (χ3n) is 6.19. The number of rotatable bonds is 7. The van der Waals surface area contributed by atoms with E-state index in [1.165, 1.54) is 6.33 Å². The average Bonchev–Trinajstić information content (AvgIpc) is 2.88. The van der Waals surface area contributed by atoms with Crippen molar-refractivity contribution in [1.82, 2.24) is 20.6 Å². The van der Waals surface area contributed by atoms with Gasteiger partial charge in [0.1, 0.15) is 17.7 Å². The molecule has 3 aromatic rings. The van der Waals surface area contributed by atoms with Gasteiger partial charge in [-0.3, -0.25) is 0 Å². The lowest BCUT2D eigenvalue weighted by atomic mass is 9.91. The van der Waals surface area contributed by atoms with Crippen LogP contribution in [0.2, 0.25) is 0 Å².